The van der Waals surface area contributed by atoms with Crippen molar-refractivity contribution in [1.82, 2.24) is 0 Å². The molecule has 62 valence electrons. The first kappa shape index (κ1) is 9.01. The summed E-state index contributed by atoms with van der Waals surface area (Å²) in [5, 5.41) is 0.310. The van der Waals surface area contributed by atoms with Gasteiger partial charge in [-0.3, -0.25) is 0 Å². The van der Waals surface area contributed by atoms with E-state index in [4.69, 9.17) is 11.6 Å². The van der Waals surface area contributed by atoms with Gasteiger partial charge in [0.1, 0.15) is 5.16 Å². The Hall–Kier alpha value is -1.08. The van der Waals surface area contributed by atoms with E-state index in [0.29, 0.717) is 5.16 Å². The molecule has 0 spiro atoms. The Morgan fingerprint density at radius 1 is 1.50 bits per heavy atom. The number of rotatable bonds is 1. The van der Waals surface area contributed by atoms with Gasteiger partial charge in [0.2, 0.25) is 0 Å². The second-order valence-electron chi connectivity index (χ2n) is 2.34. The molecule has 0 atom stereocenters. The molecule has 0 saturated heterocycles. The molecule has 2 heteroatoms. The molecule has 12 heavy (non-hydrogen) atoms. The van der Waals surface area contributed by atoms with Crippen LogP contribution in [0.3, 0.4) is 0 Å². The average Bonchev–Trinajstić information content (AvgIpc) is 2.04. The molecule has 1 nitrogen and oxygen atoms in total. The highest BCUT2D eigenvalue weighted by Crippen LogP contribution is 2.11. The van der Waals surface area contributed by atoms with E-state index < -0.39 is 0 Å². The van der Waals surface area contributed by atoms with E-state index in [1.54, 1.807) is 0 Å². The minimum Gasteiger partial charge on any atom is -0.237 e. The van der Waals surface area contributed by atoms with Crippen LogP contribution in [0.25, 0.3) is 0 Å². The monoisotopic (exact) mass is 179 g/mol. The highest BCUT2D eigenvalue weighted by molar-refractivity contribution is 6.30. The molecule has 0 saturated carbocycles. The van der Waals surface area contributed by atoms with E-state index in [1.807, 2.05) is 37.3 Å². The number of allylic oxidation sites excluding steroid dienone is 6. The molecule has 1 rings (SSSR count). The lowest BCUT2D eigenvalue weighted by Gasteiger charge is -2.04. The van der Waals surface area contributed by atoms with Gasteiger partial charge in [0, 0.05) is 0 Å². The van der Waals surface area contributed by atoms with E-state index >= 15 is 0 Å². The van der Waals surface area contributed by atoms with Crippen LogP contribution < -0.4 is 0 Å². The predicted molar refractivity (Wildman–Crippen MR) is 54.5 cm³/mol. The molecule has 0 aromatic carbocycles. The van der Waals surface area contributed by atoms with Crippen molar-refractivity contribution in [3.63, 3.8) is 0 Å². The maximum absolute atomic E-state index is 5.57. The SMILES string of the molecule is C=C(Cl)/N=C1/C=CC=C/C1=C/C. The van der Waals surface area contributed by atoms with Crippen molar-refractivity contribution in [1.29, 1.82) is 0 Å². The van der Waals surface area contributed by atoms with Gasteiger partial charge in [0.15, 0.2) is 0 Å². The van der Waals surface area contributed by atoms with Crippen molar-refractivity contribution in [2.45, 2.75) is 6.92 Å². The Bertz CT molecular complexity index is 306. The Labute approximate surface area is 77.5 Å². The van der Waals surface area contributed by atoms with Gasteiger partial charge in [-0.25, -0.2) is 4.99 Å². The summed E-state index contributed by atoms with van der Waals surface area (Å²) in [5.41, 5.74) is 1.93. The van der Waals surface area contributed by atoms with E-state index in [1.165, 1.54) is 0 Å². The Kier molecular flexibility index (Phi) is 3.06. The fraction of sp³-hybridized carbons (Fsp3) is 0.100. The number of aliphatic imine (C=N–C) groups is 1. The van der Waals surface area contributed by atoms with Crippen LogP contribution in [0.4, 0.5) is 0 Å². The quantitative estimate of drug-likeness (QED) is 0.549. The van der Waals surface area contributed by atoms with Crippen LogP contribution in [0, 0.1) is 0 Å². The molecule has 1 aliphatic carbocycles. The summed E-state index contributed by atoms with van der Waals surface area (Å²) in [5.74, 6) is 0. The fourth-order valence-electron chi connectivity index (χ4n) is 0.964. The van der Waals surface area contributed by atoms with Gasteiger partial charge in [-0.15, -0.1) is 0 Å². The number of hydrogen-bond acceptors (Lipinski definition) is 1. The third-order valence-electron chi connectivity index (χ3n) is 1.49. The summed E-state index contributed by atoms with van der Waals surface area (Å²) in [6.07, 6.45) is 9.76. The summed E-state index contributed by atoms with van der Waals surface area (Å²) in [4.78, 5) is 4.07. The van der Waals surface area contributed by atoms with Crippen LogP contribution in [0.5, 0.6) is 0 Å². The zero-order chi connectivity index (χ0) is 8.97. The third-order valence-corrected chi connectivity index (χ3v) is 1.57. The first-order chi connectivity index (χ1) is 5.74. The zero-order valence-corrected chi connectivity index (χ0v) is 7.67. The van der Waals surface area contributed by atoms with Gasteiger partial charge in [0.25, 0.3) is 0 Å². The average molecular weight is 180 g/mol. The van der Waals surface area contributed by atoms with Crippen LogP contribution >= 0.6 is 11.6 Å². The van der Waals surface area contributed by atoms with E-state index in [0.717, 1.165) is 11.3 Å². The van der Waals surface area contributed by atoms with Crippen molar-refractivity contribution in [3.05, 3.63) is 47.7 Å². The Balaban J connectivity index is 2.98. The minimum absolute atomic E-state index is 0.310. The molecule has 0 N–H and O–H groups in total. The smallest absolute Gasteiger partial charge is 0.122 e. The van der Waals surface area contributed by atoms with Gasteiger partial charge in [-0.2, -0.15) is 0 Å². The molecule has 1 aliphatic rings. The summed E-state index contributed by atoms with van der Waals surface area (Å²) in [6.45, 7) is 5.47. The normalized spacial score (nSPS) is 22.2. The van der Waals surface area contributed by atoms with Gasteiger partial charge in [-0.05, 0) is 18.6 Å². The lowest BCUT2D eigenvalue weighted by atomic mass is 10.1. The van der Waals surface area contributed by atoms with Crippen LogP contribution in [-0.2, 0) is 0 Å². The summed E-state index contributed by atoms with van der Waals surface area (Å²) in [7, 11) is 0. The number of halogens is 1. The van der Waals surface area contributed by atoms with Gasteiger partial charge in [-0.1, -0.05) is 42.5 Å². The molecule has 0 aliphatic heterocycles. The van der Waals surface area contributed by atoms with E-state index in [9.17, 15) is 0 Å². The largest absolute Gasteiger partial charge is 0.237 e. The number of hydrogen-bond donors (Lipinski definition) is 0. The van der Waals surface area contributed by atoms with Crippen molar-refractivity contribution >= 4 is 17.3 Å². The van der Waals surface area contributed by atoms with Crippen molar-refractivity contribution in [2.24, 2.45) is 4.99 Å². The second-order valence-corrected chi connectivity index (χ2v) is 2.77. The summed E-state index contributed by atoms with van der Waals surface area (Å²) < 4.78 is 0. The molecule has 0 heterocycles. The maximum Gasteiger partial charge on any atom is 0.122 e. The summed E-state index contributed by atoms with van der Waals surface area (Å²) in [6, 6.07) is 0. The van der Waals surface area contributed by atoms with Crippen LogP contribution in [0.1, 0.15) is 6.92 Å². The van der Waals surface area contributed by atoms with Crippen LogP contribution in [0.15, 0.2) is 52.7 Å². The fourth-order valence-corrected chi connectivity index (χ4v) is 1.06. The summed E-state index contributed by atoms with van der Waals surface area (Å²) >= 11 is 5.57. The number of nitrogens with zero attached hydrogens (tertiary/aromatic N) is 1. The van der Waals surface area contributed by atoms with Gasteiger partial charge in [0.05, 0.1) is 5.71 Å². The molecule has 0 fully saturated rings. The minimum atomic E-state index is 0.310. The molecule has 0 radical (unpaired) electrons. The van der Waals surface area contributed by atoms with Gasteiger partial charge < -0.3 is 0 Å². The highest BCUT2D eigenvalue weighted by atomic mass is 35.5. The Morgan fingerprint density at radius 2 is 2.17 bits per heavy atom. The molecular formula is C10H10ClN. The van der Waals surface area contributed by atoms with Crippen molar-refractivity contribution < 1.29 is 0 Å². The second kappa shape index (κ2) is 4.07. The maximum atomic E-state index is 5.57. The topological polar surface area (TPSA) is 12.4 Å². The molecular weight excluding hydrogens is 170 g/mol. The predicted octanol–water partition coefficient (Wildman–Crippen LogP) is 3.21. The molecule has 0 aromatic rings. The lowest BCUT2D eigenvalue weighted by Crippen LogP contribution is -1.99. The van der Waals surface area contributed by atoms with E-state index in [2.05, 4.69) is 11.6 Å². The van der Waals surface area contributed by atoms with Gasteiger partial charge >= 0.3 is 0 Å². The molecule has 0 aromatic heterocycles. The van der Waals surface area contributed by atoms with Crippen LogP contribution in [-0.4, -0.2) is 5.71 Å². The third kappa shape index (κ3) is 2.21. The van der Waals surface area contributed by atoms with Crippen molar-refractivity contribution in [2.75, 3.05) is 0 Å². The standard InChI is InChI=1S/C10H10ClN/c1-3-9-6-4-5-7-10(9)12-8(2)11/h3-7H,2H2,1H3/b9-3-,12-10-. The Morgan fingerprint density at radius 3 is 2.75 bits per heavy atom. The highest BCUT2D eigenvalue weighted by Gasteiger charge is 2.01. The van der Waals surface area contributed by atoms with Crippen molar-refractivity contribution in [3.8, 4) is 0 Å². The first-order valence-corrected chi connectivity index (χ1v) is 4.06. The van der Waals surface area contributed by atoms with E-state index in [-0.39, 0.29) is 0 Å². The van der Waals surface area contributed by atoms with Crippen LogP contribution in [0.2, 0.25) is 0 Å². The lowest BCUT2D eigenvalue weighted by molar-refractivity contribution is 1.49. The zero-order valence-electron chi connectivity index (χ0n) is 6.92. The molecule has 0 unspecified atom stereocenters. The molecule has 0 amide bonds. The molecule has 0 bridgehead atoms. The first-order valence-electron chi connectivity index (χ1n) is 3.68.